The second-order valence-electron chi connectivity index (χ2n) is 7.37. The molecule has 1 aromatic heterocycles. The zero-order valence-corrected chi connectivity index (χ0v) is 16.7. The lowest BCUT2D eigenvalue weighted by Gasteiger charge is -2.24. The molecule has 0 aliphatic carbocycles. The Labute approximate surface area is 165 Å². The average Bonchev–Trinajstić information content (AvgIpc) is 2.64. The number of nitrogens with two attached hydrogens (primary N) is 1. The van der Waals surface area contributed by atoms with Gasteiger partial charge >= 0.3 is 0 Å². The summed E-state index contributed by atoms with van der Waals surface area (Å²) in [5.74, 6) is 2.59. The van der Waals surface area contributed by atoms with Gasteiger partial charge in [0.2, 0.25) is 11.7 Å². The fraction of sp³-hybridized carbons (Fsp3) is 0.429. The first-order valence-corrected chi connectivity index (χ1v) is 9.38. The van der Waals surface area contributed by atoms with Crippen molar-refractivity contribution in [1.82, 2.24) is 4.98 Å². The zero-order chi connectivity index (χ0) is 20.3. The lowest BCUT2D eigenvalue weighted by molar-refractivity contribution is -0.114. The zero-order valence-electron chi connectivity index (χ0n) is 16.7. The lowest BCUT2D eigenvalue weighted by atomic mass is 9.98. The quantitative estimate of drug-likeness (QED) is 0.759. The van der Waals surface area contributed by atoms with Gasteiger partial charge in [-0.3, -0.25) is 4.79 Å². The highest BCUT2D eigenvalue weighted by atomic mass is 16.5. The van der Waals surface area contributed by atoms with Crippen LogP contribution in [-0.4, -0.2) is 30.6 Å². The molecule has 1 unspecified atom stereocenters. The molecule has 3 rings (SSSR count). The van der Waals surface area contributed by atoms with Gasteiger partial charge in [0.05, 0.1) is 7.11 Å². The third kappa shape index (κ3) is 4.36. The Morgan fingerprint density at radius 1 is 1.36 bits per heavy atom. The van der Waals surface area contributed by atoms with Crippen molar-refractivity contribution >= 4 is 11.7 Å². The Balaban J connectivity index is 1.90. The van der Waals surface area contributed by atoms with Crippen LogP contribution in [0.2, 0.25) is 0 Å². The van der Waals surface area contributed by atoms with Crippen LogP contribution in [0, 0.1) is 5.92 Å². The monoisotopic (exact) mass is 385 g/mol. The first-order valence-electron chi connectivity index (χ1n) is 9.38. The van der Waals surface area contributed by atoms with Crippen molar-refractivity contribution in [3.63, 3.8) is 0 Å². The van der Waals surface area contributed by atoms with E-state index in [1.165, 1.54) is 6.92 Å². The van der Waals surface area contributed by atoms with Crippen molar-refractivity contribution in [2.75, 3.05) is 19.0 Å². The summed E-state index contributed by atoms with van der Waals surface area (Å²) in [4.78, 5) is 15.6. The number of rotatable bonds is 7. The molecule has 0 radical (unpaired) electrons. The summed E-state index contributed by atoms with van der Waals surface area (Å²) in [6.45, 7) is 6.49. The van der Waals surface area contributed by atoms with E-state index in [0.717, 1.165) is 23.1 Å². The highest BCUT2D eigenvalue weighted by Crippen LogP contribution is 2.48. The fourth-order valence-corrected chi connectivity index (χ4v) is 3.33. The summed E-state index contributed by atoms with van der Waals surface area (Å²) >= 11 is 0. The molecule has 0 saturated heterocycles. The van der Waals surface area contributed by atoms with E-state index in [9.17, 15) is 4.79 Å². The Morgan fingerprint density at radius 3 is 2.82 bits per heavy atom. The normalized spacial score (nSPS) is 13.2. The number of amides is 1. The van der Waals surface area contributed by atoms with Gasteiger partial charge in [-0.15, -0.1) is 0 Å². The van der Waals surface area contributed by atoms with Crippen LogP contribution in [0.5, 0.6) is 17.2 Å². The molecule has 1 aromatic carbocycles. The minimum Gasteiger partial charge on any atom is -0.490 e. The maximum absolute atomic E-state index is 11.3. The lowest BCUT2D eigenvalue weighted by Crippen LogP contribution is -2.29. The summed E-state index contributed by atoms with van der Waals surface area (Å²) in [6, 6.07) is 5.58. The molecule has 7 heteroatoms. The number of hydrogen-bond donors (Lipinski definition) is 2. The average molecular weight is 385 g/mol. The Morgan fingerprint density at radius 2 is 2.14 bits per heavy atom. The predicted octanol–water partition coefficient (Wildman–Crippen LogP) is 3.36. The molecule has 2 aromatic rings. The van der Waals surface area contributed by atoms with Crippen LogP contribution in [0.25, 0.3) is 11.1 Å². The van der Waals surface area contributed by atoms with E-state index in [-0.39, 0.29) is 11.9 Å². The third-order valence-corrected chi connectivity index (χ3v) is 4.46. The van der Waals surface area contributed by atoms with E-state index in [1.807, 2.05) is 18.2 Å². The highest BCUT2D eigenvalue weighted by molar-refractivity contribution is 5.89. The first kappa shape index (κ1) is 19.9. The van der Waals surface area contributed by atoms with Gasteiger partial charge in [0, 0.05) is 30.3 Å². The number of ether oxygens (including phenoxy) is 3. The van der Waals surface area contributed by atoms with Gasteiger partial charge < -0.3 is 25.3 Å². The Bertz CT molecular complexity index is 867. The van der Waals surface area contributed by atoms with Gasteiger partial charge in [0.1, 0.15) is 19.0 Å². The van der Waals surface area contributed by atoms with Crippen LogP contribution in [0.15, 0.2) is 24.4 Å². The van der Waals surface area contributed by atoms with Crippen molar-refractivity contribution in [2.24, 2.45) is 11.7 Å². The van der Waals surface area contributed by atoms with Crippen LogP contribution in [-0.2, 0) is 11.4 Å². The largest absolute Gasteiger partial charge is 0.490 e. The van der Waals surface area contributed by atoms with E-state index in [4.69, 9.17) is 19.9 Å². The minimum absolute atomic E-state index is 0.0475. The van der Waals surface area contributed by atoms with Crippen LogP contribution in [0.3, 0.4) is 0 Å². The summed E-state index contributed by atoms with van der Waals surface area (Å²) in [5, 5.41) is 2.71. The number of aromatic nitrogens is 1. The molecule has 1 aliphatic heterocycles. The fourth-order valence-electron chi connectivity index (χ4n) is 3.33. The van der Waals surface area contributed by atoms with Crippen molar-refractivity contribution < 1.29 is 19.0 Å². The number of anilines is 1. The molecule has 28 heavy (non-hydrogen) atoms. The second-order valence-corrected chi connectivity index (χ2v) is 7.37. The number of carbonyl (C=O) groups is 1. The van der Waals surface area contributed by atoms with E-state index < -0.39 is 0 Å². The van der Waals surface area contributed by atoms with Crippen LogP contribution in [0.1, 0.15) is 32.8 Å². The number of nitrogens with one attached hydrogen (secondary N) is 1. The van der Waals surface area contributed by atoms with E-state index in [1.54, 1.807) is 13.3 Å². The van der Waals surface area contributed by atoms with Crippen molar-refractivity contribution in [3.05, 3.63) is 30.0 Å². The number of fused-ring (bicyclic) bond motifs is 3. The molecule has 3 N–H and O–H groups in total. The summed E-state index contributed by atoms with van der Waals surface area (Å²) < 4.78 is 17.5. The predicted molar refractivity (Wildman–Crippen MR) is 108 cm³/mol. The van der Waals surface area contributed by atoms with Crippen molar-refractivity contribution in [1.29, 1.82) is 0 Å². The third-order valence-electron chi connectivity index (χ3n) is 4.46. The number of carbonyl (C=O) groups excluding carboxylic acids is 1. The molecule has 150 valence electrons. The van der Waals surface area contributed by atoms with E-state index in [2.05, 4.69) is 24.1 Å². The topological polar surface area (TPSA) is 95.7 Å². The van der Waals surface area contributed by atoms with Gasteiger partial charge in [-0.2, -0.15) is 0 Å². The van der Waals surface area contributed by atoms with Gasteiger partial charge in [0.15, 0.2) is 11.5 Å². The summed E-state index contributed by atoms with van der Waals surface area (Å²) in [6.07, 6.45) is 2.60. The molecule has 0 fully saturated rings. The smallest absolute Gasteiger partial charge is 0.222 e. The van der Waals surface area contributed by atoms with Gasteiger partial charge in [0.25, 0.3) is 0 Å². The number of methoxy groups -OCH3 is 1. The Kier molecular flexibility index (Phi) is 6.04. The number of hydrogen-bond acceptors (Lipinski definition) is 6. The van der Waals surface area contributed by atoms with Crippen LogP contribution in [0.4, 0.5) is 5.82 Å². The first-order chi connectivity index (χ1) is 13.4. The molecule has 1 amide bonds. The number of pyridine rings is 1. The van der Waals surface area contributed by atoms with Crippen LogP contribution >= 0.6 is 0 Å². The van der Waals surface area contributed by atoms with Crippen molar-refractivity contribution in [3.8, 4) is 28.4 Å². The standard InChI is InChI=1S/C21H27N3O4/c1-12(2)7-15(22)11-27-18-6-5-16-17-8-19(24-13(3)25)23-9-14(17)10-28-20(16)21(18)26-4/h5-6,8-9,12,15H,7,10-11,22H2,1-4H3,(H,23,24,25). The highest BCUT2D eigenvalue weighted by Gasteiger charge is 2.25. The Hall–Kier alpha value is -2.80. The van der Waals surface area contributed by atoms with Crippen LogP contribution < -0.4 is 25.3 Å². The second kappa shape index (κ2) is 8.48. The molecule has 0 bridgehead atoms. The minimum atomic E-state index is -0.168. The maximum atomic E-state index is 11.3. The molecular formula is C21H27N3O4. The summed E-state index contributed by atoms with van der Waals surface area (Å²) in [7, 11) is 1.59. The molecule has 7 nitrogen and oxygen atoms in total. The van der Waals surface area contributed by atoms with E-state index in [0.29, 0.717) is 42.2 Å². The molecular weight excluding hydrogens is 358 g/mol. The van der Waals surface area contributed by atoms with E-state index >= 15 is 0 Å². The summed E-state index contributed by atoms with van der Waals surface area (Å²) in [5.41, 5.74) is 8.89. The van der Waals surface area contributed by atoms with Gasteiger partial charge in [-0.25, -0.2) is 4.98 Å². The van der Waals surface area contributed by atoms with Gasteiger partial charge in [-0.05, 0) is 36.1 Å². The van der Waals surface area contributed by atoms with Crippen molar-refractivity contribution in [2.45, 2.75) is 39.8 Å². The molecule has 0 saturated carbocycles. The molecule has 1 atom stereocenters. The molecule has 0 spiro atoms. The molecule has 1 aliphatic rings. The van der Waals surface area contributed by atoms with Gasteiger partial charge in [-0.1, -0.05) is 13.8 Å². The molecule has 2 heterocycles. The maximum Gasteiger partial charge on any atom is 0.222 e. The number of nitrogens with zero attached hydrogens (tertiary/aromatic N) is 1. The SMILES string of the molecule is COc1c(OCC(N)CC(C)C)ccc2c1OCc1cnc(NC(C)=O)cc1-2. The number of benzene rings is 1.